The zero-order chi connectivity index (χ0) is 19.6. The Hall–Kier alpha value is -3.19. The first-order valence-electron chi connectivity index (χ1n) is 8.16. The van der Waals surface area contributed by atoms with Crippen molar-refractivity contribution in [1.29, 1.82) is 0 Å². The van der Waals surface area contributed by atoms with Crippen molar-refractivity contribution in [3.63, 3.8) is 0 Å². The molecule has 7 heteroatoms. The van der Waals surface area contributed by atoms with Gasteiger partial charge in [-0.3, -0.25) is 4.98 Å². The van der Waals surface area contributed by atoms with E-state index in [4.69, 9.17) is 0 Å². The molecule has 2 aromatic heterocycles. The Labute approximate surface area is 157 Å². The lowest BCUT2D eigenvalue weighted by atomic mass is 10.1. The van der Waals surface area contributed by atoms with Gasteiger partial charge in [-0.2, -0.15) is 0 Å². The number of hydrogen-bond donors (Lipinski definition) is 1. The predicted molar refractivity (Wildman–Crippen MR) is 103 cm³/mol. The van der Waals surface area contributed by atoms with Gasteiger partial charge in [0, 0.05) is 18.1 Å². The standard InChI is InChI=1S/C20H18N2O4S/c1-3-19(16-10-7-11-21-13-16)27(25,26)22-14(2)17(20(23)24)12-18(22)15-8-5-4-6-9-15/h3-13,19H,1H2,2H3,(H,23,24). The molecule has 0 fully saturated rings. The average molecular weight is 382 g/mol. The molecule has 0 radical (unpaired) electrons. The maximum atomic E-state index is 13.5. The molecule has 0 aliphatic heterocycles. The third-order valence-electron chi connectivity index (χ3n) is 4.30. The maximum Gasteiger partial charge on any atom is 0.337 e. The molecule has 0 saturated heterocycles. The van der Waals surface area contributed by atoms with Crippen molar-refractivity contribution in [2.75, 3.05) is 0 Å². The van der Waals surface area contributed by atoms with Gasteiger partial charge >= 0.3 is 5.97 Å². The van der Waals surface area contributed by atoms with Crippen LogP contribution in [0.4, 0.5) is 0 Å². The van der Waals surface area contributed by atoms with Gasteiger partial charge in [0.05, 0.1) is 11.3 Å². The Balaban J connectivity index is 2.29. The number of rotatable bonds is 6. The molecular formula is C20H18N2O4S. The molecule has 1 aromatic carbocycles. The molecule has 0 amide bonds. The minimum Gasteiger partial charge on any atom is -0.478 e. The van der Waals surface area contributed by atoms with Crippen LogP contribution in [0.1, 0.15) is 26.9 Å². The van der Waals surface area contributed by atoms with Crippen molar-refractivity contribution >= 4 is 16.0 Å². The highest BCUT2D eigenvalue weighted by atomic mass is 32.2. The quantitative estimate of drug-likeness (QED) is 0.657. The van der Waals surface area contributed by atoms with E-state index in [-0.39, 0.29) is 11.3 Å². The molecule has 138 valence electrons. The third kappa shape index (κ3) is 3.29. The van der Waals surface area contributed by atoms with Gasteiger partial charge in [0.15, 0.2) is 0 Å². The van der Waals surface area contributed by atoms with Crippen molar-refractivity contribution in [3.8, 4) is 11.3 Å². The van der Waals surface area contributed by atoms with Crippen molar-refractivity contribution < 1.29 is 18.3 Å². The third-order valence-corrected chi connectivity index (χ3v) is 6.38. The van der Waals surface area contributed by atoms with E-state index < -0.39 is 21.2 Å². The molecule has 6 nitrogen and oxygen atoms in total. The second-order valence-electron chi connectivity index (χ2n) is 5.95. The molecular weight excluding hydrogens is 364 g/mol. The van der Waals surface area contributed by atoms with E-state index in [0.717, 1.165) is 3.97 Å². The Bertz CT molecular complexity index is 1090. The highest BCUT2D eigenvalue weighted by Gasteiger charge is 2.32. The van der Waals surface area contributed by atoms with Crippen LogP contribution in [0.3, 0.4) is 0 Å². The van der Waals surface area contributed by atoms with Crippen LogP contribution in [0.25, 0.3) is 11.3 Å². The smallest absolute Gasteiger partial charge is 0.337 e. The van der Waals surface area contributed by atoms with Gasteiger partial charge in [-0.15, -0.1) is 6.58 Å². The number of pyridine rings is 1. The monoisotopic (exact) mass is 382 g/mol. The average Bonchev–Trinajstić information content (AvgIpc) is 3.02. The Morgan fingerprint density at radius 1 is 1.22 bits per heavy atom. The fourth-order valence-electron chi connectivity index (χ4n) is 3.03. The van der Waals surface area contributed by atoms with Gasteiger partial charge < -0.3 is 5.11 Å². The van der Waals surface area contributed by atoms with Crippen LogP contribution in [0, 0.1) is 6.92 Å². The fourth-order valence-corrected chi connectivity index (χ4v) is 4.90. The van der Waals surface area contributed by atoms with Crippen LogP contribution >= 0.6 is 0 Å². The summed E-state index contributed by atoms with van der Waals surface area (Å²) in [6.07, 6.45) is 4.33. The van der Waals surface area contributed by atoms with Gasteiger partial charge in [-0.25, -0.2) is 17.2 Å². The van der Waals surface area contributed by atoms with E-state index in [1.165, 1.54) is 25.3 Å². The first kappa shape index (κ1) is 18.6. The van der Waals surface area contributed by atoms with Crippen molar-refractivity contribution in [1.82, 2.24) is 8.96 Å². The number of carboxylic acid groups (broad SMARTS) is 1. The summed E-state index contributed by atoms with van der Waals surface area (Å²) in [6.45, 7) is 5.15. The minimum absolute atomic E-state index is 0.0635. The minimum atomic E-state index is -4.03. The number of nitrogens with zero attached hydrogens (tertiary/aromatic N) is 2. The van der Waals surface area contributed by atoms with Gasteiger partial charge in [0.1, 0.15) is 5.25 Å². The van der Waals surface area contributed by atoms with Gasteiger partial charge in [0.2, 0.25) is 10.0 Å². The van der Waals surface area contributed by atoms with E-state index >= 15 is 0 Å². The molecule has 27 heavy (non-hydrogen) atoms. The summed E-state index contributed by atoms with van der Waals surface area (Å²) in [5.41, 5.74) is 1.42. The largest absolute Gasteiger partial charge is 0.478 e. The van der Waals surface area contributed by atoms with Crippen molar-refractivity contribution in [2.45, 2.75) is 12.2 Å². The second-order valence-corrected chi connectivity index (χ2v) is 7.85. The van der Waals surface area contributed by atoms with E-state index in [1.807, 2.05) is 0 Å². The Kier molecular flexibility index (Phi) is 4.96. The van der Waals surface area contributed by atoms with Crippen LogP contribution in [-0.2, 0) is 10.0 Å². The lowest BCUT2D eigenvalue weighted by Crippen LogP contribution is -2.22. The number of carbonyl (C=O) groups is 1. The number of aromatic carboxylic acids is 1. The highest BCUT2D eigenvalue weighted by Crippen LogP contribution is 2.33. The van der Waals surface area contributed by atoms with Gasteiger partial charge in [-0.1, -0.05) is 42.5 Å². The van der Waals surface area contributed by atoms with Crippen LogP contribution in [0.2, 0.25) is 0 Å². The maximum absolute atomic E-state index is 13.5. The summed E-state index contributed by atoms with van der Waals surface area (Å²) in [7, 11) is -4.03. The topological polar surface area (TPSA) is 89.3 Å². The molecule has 1 unspecified atom stereocenters. The normalized spacial score (nSPS) is 12.5. The lowest BCUT2D eigenvalue weighted by Gasteiger charge is -2.19. The molecule has 2 heterocycles. The van der Waals surface area contributed by atoms with Crippen molar-refractivity contribution in [2.24, 2.45) is 0 Å². The summed E-state index contributed by atoms with van der Waals surface area (Å²) in [4.78, 5) is 15.6. The number of benzene rings is 1. The van der Waals surface area contributed by atoms with Gasteiger partial charge in [-0.05, 0) is 30.2 Å². The van der Waals surface area contributed by atoms with Crippen LogP contribution in [-0.4, -0.2) is 28.5 Å². The zero-order valence-electron chi connectivity index (χ0n) is 14.6. The molecule has 3 aromatic rings. The summed E-state index contributed by atoms with van der Waals surface area (Å²) in [6, 6.07) is 13.5. The molecule has 0 saturated carbocycles. The van der Waals surface area contributed by atoms with Crippen LogP contribution in [0.5, 0.6) is 0 Å². The summed E-state index contributed by atoms with van der Waals surface area (Å²) in [5.74, 6) is -1.19. The van der Waals surface area contributed by atoms with E-state index in [2.05, 4.69) is 11.6 Å². The molecule has 1 N–H and O–H groups in total. The summed E-state index contributed by atoms with van der Waals surface area (Å²) in [5, 5.41) is 8.42. The second kappa shape index (κ2) is 7.20. The summed E-state index contributed by atoms with van der Waals surface area (Å²) >= 11 is 0. The fraction of sp³-hybridized carbons (Fsp3) is 0.100. The molecule has 0 aliphatic rings. The van der Waals surface area contributed by atoms with E-state index in [1.54, 1.807) is 48.7 Å². The van der Waals surface area contributed by atoms with Gasteiger partial charge in [0.25, 0.3) is 0 Å². The van der Waals surface area contributed by atoms with Crippen molar-refractivity contribution in [3.05, 3.63) is 90.4 Å². The van der Waals surface area contributed by atoms with E-state index in [0.29, 0.717) is 16.8 Å². The first-order chi connectivity index (χ1) is 12.9. The van der Waals surface area contributed by atoms with Crippen LogP contribution in [0.15, 0.2) is 73.6 Å². The highest BCUT2D eigenvalue weighted by molar-refractivity contribution is 7.90. The predicted octanol–water partition coefficient (Wildman–Crippen LogP) is 3.66. The molecule has 1 atom stereocenters. The SMILES string of the molecule is C=CC(c1cccnc1)S(=O)(=O)n1c(-c2ccccc2)cc(C(=O)O)c1C. The summed E-state index contributed by atoms with van der Waals surface area (Å²) < 4.78 is 28.1. The first-order valence-corrected chi connectivity index (χ1v) is 9.66. The number of hydrogen-bond acceptors (Lipinski definition) is 4. The lowest BCUT2D eigenvalue weighted by molar-refractivity contribution is 0.0696. The Morgan fingerprint density at radius 2 is 1.93 bits per heavy atom. The molecule has 3 rings (SSSR count). The number of carboxylic acids is 1. The van der Waals surface area contributed by atoms with E-state index in [9.17, 15) is 18.3 Å². The van der Waals surface area contributed by atoms with Crippen LogP contribution < -0.4 is 0 Å². The molecule has 0 aliphatic carbocycles. The molecule has 0 spiro atoms. The Morgan fingerprint density at radius 3 is 2.48 bits per heavy atom. The zero-order valence-corrected chi connectivity index (χ0v) is 15.4. The number of aromatic nitrogens is 2. The molecule has 0 bridgehead atoms.